The molecule has 10 rings (SSSR count). The van der Waals surface area contributed by atoms with Gasteiger partial charge < -0.3 is 52.4 Å². The first-order chi connectivity index (χ1) is 45.6. The molecule has 3 unspecified atom stereocenters. The molecule has 8 aliphatic rings. The number of carbonyl (C=O) groups is 6. The van der Waals surface area contributed by atoms with Crippen LogP contribution in [-0.4, -0.2) is 141 Å². The number of nitrogens with zero attached hydrogens (tertiary/aromatic N) is 2. The van der Waals surface area contributed by atoms with Crippen molar-refractivity contribution in [3.8, 4) is 0 Å². The van der Waals surface area contributed by atoms with Gasteiger partial charge in [0.15, 0.2) is 18.3 Å². The summed E-state index contributed by atoms with van der Waals surface area (Å²) >= 11 is -1.61. The van der Waals surface area contributed by atoms with E-state index in [1.54, 1.807) is 108 Å². The predicted octanol–water partition coefficient (Wildman–Crippen LogP) is 17.2. The second-order valence-corrected chi connectivity index (χ2v) is 34.2. The Morgan fingerprint density at radius 2 is 0.989 bits per heavy atom. The zero-order chi connectivity index (χ0) is 67.6. The van der Waals surface area contributed by atoms with Crippen molar-refractivity contribution < 1.29 is 84.9 Å². The van der Waals surface area contributed by atoms with Crippen LogP contribution >= 0.6 is 27.3 Å². The van der Waals surface area contributed by atoms with Crippen molar-refractivity contribution in [1.29, 1.82) is 0 Å². The number of carbonyl (C=O) groups excluding carboxylic acids is 6. The van der Waals surface area contributed by atoms with Crippen molar-refractivity contribution in [3.05, 3.63) is 120 Å². The maximum absolute atomic E-state index is 11.5. The molecule has 0 spiro atoms. The monoisotopic (exact) mass is 1450 g/mol. The molecule has 2 aromatic carbocycles. The number of hydrogen-bond acceptors (Lipinski definition) is 17. The number of esters is 3. The Kier molecular flexibility index (Phi) is 40.4. The molecule has 526 valence electrons. The molecule has 7 fully saturated rings. The summed E-state index contributed by atoms with van der Waals surface area (Å²) in [6.07, 6.45) is 45.7. The van der Waals surface area contributed by atoms with Gasteiger partial charge in [0.25, 0.3) is 0 Å². The first-order valence-corrected chi connectivity index (χ1v) is 41.5. The molecule has 17 nitrogen and oxygen atoms in total. The van der Waals surface area contributed by atoms with Crippen LogP contribution in [0.15, 0.2) is 91.6 Å². The maximum atomic E-state index is 11.5. The third kappa shape index (κ3) is 34.2. The van der Waals surface area contributed by atoms with E-state index in [2.05, 4.69) is 98.8 Å². The van der Waals surface area contributed by atoms with Gasteiger partial charge in [0.2, 0.25) is 0 Å². The van der Waals surface area contributed by atoms with Crippen LogP contribution in [0.4, 0.5) is 20.1 Å². The molecule has 0 amide bonds. The van der Waals surface area contributed by atoms with E-state index in [1.165, 1.54) is 90.0 Å². The Hall–Kier alpha value is -5.12. The SMILES string of the molecule is C1=CCCCCCC1.C1CCC([PH+](C2CCCCC2)C2CCCCC2)CC1.C=CC(=O)OCC1COC(=O)O1.Cc1cc(C)c(N2[CH-]N(C)CC2)c(C)c1.O=C(/C=C/CCCCCC/C=C/C(=O)OCC1COC(=O)O1)OCC1COC(=O)O1.[Cl][Ru]([Cl])=[CH]c1ccccc1. The second kappa shape index (κ2) is 47.7. The third-order valence-corrected chi connectivity index (χ3v) is 23.6. The van der Waals surface area contributed by atoms with Gasteiger partial charge in [-0.2, -0.15) is 6.67 Å². The second-order valence-electron chi connectivity index (χ2n) is 25.0. The zero-order valence-electron chi connectivity index (χ0n) is 56.3. The van der Waals surface area contributed by atoms with Crippen molar-refractivity contribution >= 4 is 74.0 Å². The molecular formula is C73H107Cl2N2O15PRu. The van der Waals surface area contributed by atoms with Crippen molar-refractivity contribution in [2.45, 2.75) is 229 Å². The van der Waals surface area contributed by atoms with Crippen LogP contribution in [-0.2, 0) is 70.5 Å². The zero-order valence-corrected chi connectivity index (χ0v) is 60.5. The Morgan fingerprint density at radius 3 is 1.35 bits per heavy atom. The van der Waals surface area contributed by atoms with Crippen molar-refractivity contribution in [2.24, 2.45) is 0 Å². The van der Waals surface area contributed by atoms with Crippen LogP contribution in [0.3, 0.4) is 0 Å². The minimum atomic E-state index is -1.61. The van der Waals surface area contributed by atoms with Gasteiger partial charge in [0, 0.05) is 38.4 Å². The fourth-order valence-corrected chi connectivity index (χ4v) is 19.8. The summed E-state index contributed by atoms with van der Waals surface area (Å²) in [6, 6.07) is 14.4. The summed E-state index contributed by atoms with van der Waals surface area (Å²) < 4.78 is 44.2. The summed E-state index contributed by atoms with van der Waals surface area (Å²) in [5.74, 6) is -1.50. The number of benzene rings is 2. The van der Waals surface area contributed by atoms with E-state index in [0.717, 1.165) is 63.3 Å². The molecule has 4 aliphatic heterocycles. The van der Waals surface area contributed by atoms with Gasteiger partial charge in [0.05, 0.1) is 17.0 Å². The third-order valence-electron chi connectivity index (χ3n) is 17.2. The van der Waals surface area contributed by atoms with Crippen LogP contribution in [0.2, 0.25) is 0 Å². The Labute approximate surface area is 574 Å². The quantitative estimate of drug-likeness (QED) is 0.0167. The van der Waals surface area contributed by atoms with Gasteiger partial charge in [-0.15, -0.1) is 0 Å². The van der Waals surface area contributed by atoms with Crippen LogP contribution < -0.4 is 4.90 Å². The molecule has 0 bridgehead atoms. The molecule has 0 radical (unpaired) electrons. The molecule has 4 aliphatic carbocycles. The van der Waals surface area contributed by atoms with Gasteiger partial charge >= 0.3 is 110 Å². The van der Waals surface area contributed by atoms with Crippen LogP contribution in [0.25, 0.3) is 0 Å². The number of likely N-dealkylation sites (N-methyl/N-ethyl adjacent to an activating group) is 1. The minimum absolute atomic E-state index is 0.0105. The topological polar surface area (TPSA) is 192 Å². The Balaban J connectivity index is 0.000000216. The first-order valence-electron chi connectivity index (χ1n) is 34.3. The van der Waals surface area contributed by atoms with E-state index >= 15 is 0 Å². The van der Waals surface area contributed by atoms with E-state index in [1.807, 2.05) is 34.9 Å². The molecule has 3 atom stereocenters. The number of aryl methyl sites for hydroxylation is 3. The Morgan fingerprint density at radius 1 is 0.585 bits per heavy atom. The van der Waals surface area contributed by atoms with Crippen LogP contribution in [0.5, 0.6) is 0 Å². The predicted molar refractivity (Wildman–Crippen MR) is 372 cm³/mol. The van der Waals surface area contributed by atoms with Gasteiger partial charge in [-0.3, -0.25) is 0 Å². The summed E-state index contributed by atoms with van der Waals surface area (Å²) in [5.41, 5.74) is 10.3. The summed E-state index contributed by atoms with van der Waals surface area (Å²) in [7, 11) is 13.4. The van der Waals surface area contributed by atoms with Gasteiger partial charge in [0.1, 0.15) is 39.6 Å². The first kappa shape index (κ1) is 79.6. The number of halogens is 2. The van der Waals surface area contributed by atoms with Crippen molar-refractivity contribution in [2.75, 3.05) is 64.7 Å². The van der Waals surface area contributed by atoms with Crippen molar-refractivity contribution in [1.82, 2.24) is 4.90 Å². The van der Waals surface area contributed by atoms with E-state index in [9.17, 15) is 28.8 Å². The number of rotatable bonds is 21. The van der Waals surface area contributed by atoms with Gasteiger partial charge in [-0.25, -0.2) is 28.8 Å². The van der Waals surface area contributed by atoms with E-state index in [0.29, 0.717) is 0 Å². The molecule has 4 heterocycles. The fourth-order valence-electron chi connectivity index (χ4n) is 12.7. The normalized spacial score (nSPS) is 20.9. The molecule has 21 heteroatoms. The summed E-state index contributed by atoms with van der Waals surface area (Å²) in [5, 5.41) is 0. The molecule has 0 N–H and O–H groups in total. The number of cyclic esters (lactones) is 6. The van der Waals surface area contributed by atoms with E-state index < -0.39 is 68.2 Å². The number of ether oxygens (including phenoxy) is 9. The van der Waals surface area contributed by atoms with Gasteiger partial charge in [-0.1, -0.05) is 93.5 Å². The van der Waals surface area contributed by atoms with E-state index in [4.69, 9.17) is 38.3 Å². The average Bonchev–Trinajstić information content (AvgIpc) is 1.25. The fraction of sp³-hybridized carbons (Fsp3) is 0.616. The molecular weight excluding hydrogens is 1350 g/mol. The number of hydrogen-bond donors (Lipinski definition) is 0. The number of anilines is 1. The summed E-state index contributed by atoms with van der Waals surface area (Å²) in [4.78, 5) is 70.0. The van der Waals surface area contributed by atoms with Crippen LogP contribution in [0, 0.1) is 27.4 Å². The number of unbranched alkanes of at least 4 members (excludes halogenated alkanes) is 5. The number of allylic oxidation sites excluding steroid dienone is 4. The van der Waals surface area contributed by atoms with E-state index in [-0.39, 0.29) is 47.6 Å². The van der Waals surface area contributed by atoms with Crippen molar-refractivity contribution in [3.63, 3.8) is 0 Å². The molecule has 3 saturated carbocycles. The Bertz CT molecular complexity index is 2560. The standard InChI is InChI=1S/C20H26O10.C18H33P.C13H19N2.C8H14.C7H8O5.C7H6.2ClH.Ru/c21-17(25-11-15-13-27-19(23)29-15)9-7-5-3-1-2-4-6-8-10-18(22)26-12-16-14-28-20(24)30-16;1-4-10-16(11-5-1)19(17-12-6-2-7-13-17)18-14-8-3-9-15-18;1-10-7-11(2)13(12(3)8-10)15-6-5-14(4)9-15;1-2-4-6-8-7-5-3-1;1-2-6(8)10-3-5-4-11-7(9)12-5;1-7-5-3-2-4-6-7;;;/h7-10,15-16H,1-6,11-14H2;16-18H,1-15H2;7-9H,5-6H2,1-4H3;1-2H,3-8H2;2,5H,1,3-4H2;1-6H;2*1H;/q;;-1;;;;;;+2/p-1/b9-7+,10-8+;;;;;;;;. The average molecular weight is 1460 g/mol. The summed E-state index contributed by atoms with van der Waals surface area (Å²) in [6.45, 7) is 14.5. The molecule has 4 saturated heterocycles. The molecule has 94 heavy (non-hydrogen) atoms. The van der Waals surface area contributed by atoms with Crippen LogP contribution in [0.1, 0.15) is 196 Å². The molecule has 0 aromatic heterocycles. The molecule has 2 aromatic rings. The van der Waals surface area contributed by atoms with Gasteiger partial charge in [-0.05, 0) is 174 Å².